The predicted molar refractivity (Wildman–Crippen MR) is 137 cm³/mol. The molecule has 1 atom stereocenters. The van der Waals surface area contributed by atoms with Gasteiger partial charge in [-0.2, -0.15) is 10.5 Å². The molecular weight excluding hydrogens is 462 g/mol. The maximum Gasteiger partial charge on any atom is 0.320 e. The molecule has 0 radical (unpaired) electrons. The summed E-state index contributed by atoms with van der Waals surface area (Å²) in [6, 6.07) is 13.2. The number of benzene rings is 1. The zero-order chi connectivity index (χ0) is 25.2. The average Bonchev–Trinajstić information content (AvgIpc) is 3.33. The fourth-order valence-electron chi connectivity index (χ4n) is 4.04. The number of carbonyl (C=O) groups excluding carboxylic acids is 1. The van der Waals surface area contributed by atoms with Crippen molar-refractivity contribution in [1.29, 1.82) is 10.5 Å². The van der Waals surface area contributed by atoms with Crippen LogP contribution in [0, 0.1) is 22.7 Å². The minimum Gasteiger partial charge on any atom is -0.480 e. The van der Waals surface area contributed by atoms with Crippen LogP contribution in [0.5, 0.6) is 0 Å². The molecule has 1 amide bonds. The maximum absolute atomic E-state index is 12.3. The highest BCUT2D eigenvalue weighted by Gasteiger charge is 2.19. The average molecular weight is 492 g/mol. The van der Waals surface area contributed by atoms with E-state index in [1.165, 1.54) is 5.56 Å². The van der Waals surface area contributed by atoms with Crippen LogP contribution in [0.4, 0.5) is 5.69 Å². The molecule has 1 aliphatic heterocycles. The Kier molecular flexibility index (Phi) is 9.42. The highest BCUT2D eigenvalue weighted by molar-refractivity contribution is 7.16. The fourth-order valence-corrected chi connectivity index (χ4v) is 4.99. The van der Waals surface area contributed by atoms with E-state index >= 15 is 0 Å². The number of aryl methyl sites for hydroxylation is 1. The summed E-state index contributed by atoms with van der Waals surface area (Å²) in [5.74, 6) is -1.00. The fraction of sp³-hybridized carbons (Fsp3) is 0.385. The largest absolute Gasteiger partial charge is 0.480 e. The van der Waals surface area contributed by atoms with Gasteiger partial charge in [-0.15, -0.1) is 11.3 Å². The number of nitrogens with one attached hydrogen (secondary N) is 1. The summed E-state index contributed by atoms with van der Waals surface area (Å²) in [5, 5.41) is 29.6. The summed E-state index contributed by atoms with van der Waals surface area (Å²) in [5.41, 5.74) is 9.09. The molecule has 0 unspecified atom stereocenters. The molecule has 1 aromatic heterocycles. The third-order valence-electron chi connectivity index (χ3n) is 5.92. The SMILES string of the molecule is N#CC(C#N)=Cc1ccc(-c2ccc3c(c2)CCCN3CCC(=O)NCCCC[C@@H](N)C(=O)O)s1. The van der Waals surface area contributed by atoms with Crippen LogP contribution in [0.15, 0.2) is 35.9 Å². The molecule has 0 bridgehead atoms. The topological polar surface area (TPSA) is 143 Å². The number of nitrogens with two attached hydrogens (primary N) is 1. The lowest BCUT2D eigenvalue weighted by molar-refractivity contribution is -0.138. The number of carboxylic acids is 1. The number of rotatable bonds is 11. The van der Waals surface area contributed by atoms with Gasteiger partial charge in [-0.1, -0.05) is 6.07 Å². The molecule has 1 aliphatic rings. The minimum atomic E-state index is -0.995. The van der Waals surface area contributed by atoms with Crippen molar-refractivity contribution in [3.8, 4) is 22.6 Å². The van der Waals surface area contributed by atoms with E-state index in [9.17, 15) is 9.59 Å². The first kappa shape index (κ1) is 26.0. The van der Waals surface area contributed by atoms with Crippen LogP contribution in [0.3, 0.4) is 0 Å². The van der Waals surface area contributed by atoms with E-state index in [1.54, 1.807) is 17.4 Å². The minimum absolute atomic E-state index is 0.00967. The van der Waals surface area contributed by atoms with Gasteiger partial charge in [0.2, 0.25) is 5.91 Å². The molecule has 9 heteroatoms. The zero-order valence-corrected chi connectivity index (χ0v) is 20.3. The van der Waals surface area contributed by atoms with Crippen molar-refractivity contribution in [3.63, 3.8) is 0 Å². The number of anilines is 1. The van der Waals surface area contributed by atoms with E-state index in [-0.39, 0.29) is 11.5 Å². The second-order valence-electron chi connectivity index (χ2n) is 8.46. The number of amides is 1. The van der Waals surface area contributed by atoms with Gasteiger partial charge in [0.05, 0.1) is 0 Å². The van der Waals surface area contributed by atoms with Crippen molar-refractivity contribution >= 4 is 35.0 Å². The molecule has 3 rings (SSSR count). The first-order chi connectivity index (χ1) is 16.9. The van der Waals surface area contributed by atoms with Crippen LogP contribution >= 0.6 is 11.3 Å². The Labute approximate surface area is 209 Å². The number of aliphatic carboxylic acids is 1. The number of nitrogens with zero attached hydrogens (tertiary/aromatic N) is 3. The lowest BCUT2D eigenvalue weighted by atomic mass is 9.98. The third kappa shape index (κ3) is 7.41. The molecule has 2 heterocycles. The number of nitriles is 2. The molecule has 0 fully saturated rings. The Morgan fingerprint density at radius 1 is 1.23 bits per heavy atom. The third-order valence-corrected chi connectivity index (χ3v) is 7.00. The number of carboxylic acid groups (broad SMARTS) is 1. The second-order valence-corrected chi connectivity index (χ2v) is 9.57. The number of unbranched alkanes of at least 4 members (excludes halogenated alkanes) is 1. The van der Waals surface area contributed by atoms with E-state index in [1.807, 2.05) is 24.3 Å². The van der Waals surface area contributed by atoms with Crippen LogP contribution in [-0.2, 0) is 16.0 Å². The molecule has 182 valence electrons. The van der Waals surface area contributed by atoms with Crippen LogP contribution in [0.25, 0.3) is 16.5 Å². The van der Waals surface area contributed by atoms with Crippen molar-refractivity contribution in [3.05, 3.63) is 46.3 Å². The van der Waals surface area contributed by atoms with Crippen LogP contribution in [-0.4, -0.2) is 42.7 Å². The van der Waals surface area contributed by atoms with Crippen molar-refractivity contribution in [2.75, 3.05) is 24.5 Å². The first-order valence-electron chi connectivity index (χ1n) is 11.7. The number of allylic oxidation sites excluding steroid dienone is 1. The van der Waals surface area contributed by atoms with Crippen LogP contribution < -0.4 is 16.0 Å². The number of fused-ring (bicyclic) bond motifs is 1. The summed E-state index contributed by atoms with van der Waals surface area (Å²) in [6.07, 6.45) is 5.78. The Morgan fingerprint density at radius 3 is 2.77 bits per heavy atom. The monoisotopic (exact) mass is 491 g/mol. The van der Waals surface area contributed by atoms with Gasteiger partial charge in [0.1, 0.15) is 23.8 Å². The van der Waals surface area contributed by atoms with Crippen LogP contribution in [0.2, 0.25) is 0 Å². The highest BCUT2D eigenvalue weighted by Crippen LogP contribution is 2.35. The van der Waals surface area contributed by atoms with Crippen molar-refractivity contribution in [2.24, 2.45) is 5.73 Å². The Bertz CT molecular complexity index is 1160. The molecule has 0 saturated heterocycles. The Balaban J connectivity index is 1.53. The number of thiophene rings is 1. The van der Waals surface area contributed by atoms with Gasteiger partial charge in [-0.3, -0.25) is 9.59 Å². The number of hydrogen-bond acceptors (Lipinski definition) is 7. The molecule has 2 aromatic rings. The van der Waals surface area contributed by atoms with Crippen molar-refractivity contribution < 1.29 is 14.7 Å². The van der Waals surface area contributed by atoms with Crippen molar-refractivity contribution in [1.82, 2.24) is 5.32 Å². The van der Waals surface area contributed by atoms with E-state index in [2.05, 4.69) is 28.4 Å². The van der Waals surface area contributed by atoms with Gasteiger partial charge >= 0.3 is 5.97 Å². The summed E-state index contributed by atoms with van der Waals surface area (Å²) < 4.78 is 0. The lowest BCUT2D eigenvalue weighted by Crippen LogP contribution is -2.34. The molecular formula is C26H29N5O3S. The van der Waals surface area contributed by atoms with Gasteiger partial charge in [0.15, 0.2) is 0 Å². The summed E-state index contributed by atoms with van der Waals surface area (Å²) in [4.78, 5) is 27.2. The zero-order valence-electron chi connectivity index (χ0n) is 19.5. The summed E-state index contributed by atoms with van der Waals surface area (Å²) in [7, 11) is 0. The normalized spacial score (nSPS) is 13.2. The Morgan fingerprint density at radius 2 is 2.03 bits per heavy atom. The molecule has 35 heavy (non-hydrogen) atoms. The van der Waals surface area contributed by atoms with E-state index < -0.39 is 12.0 Å². The molecule has 0 saturated carbocycles. The molecule has 8 nitrogen and oxygen atoms in total. The van der Waals surface area contributed by atoms with Gasteiger partial charge in [-0.25, -0.2) is 0 Å². The summed E-state index contributed by atoms with van der Waals surface area (Å²) >= 11 is 1.54. The highest BCUT2D eigenvalue weighted by atomic mass is 32.1. The van der Waals surface area contributed by atoms with E-state index in [0.717, 1.165) is 40.4 Å². The quantitative estimate of drug-likeness (QED) is 0.321. The second kappa shape index (κ2) is 12.7. The smallest absolute Gasteiger partial charge is 0.320 e. The van der Waals surface area contributed by atoms with Gasteiger partial charge in [-0.05, 0) is 73.6 Å². The summed E-state index contributed by atoms with van der Waals surface area (Å²) in [6.45, 7) is 2.07. The van der Waals surface area contributed by atoms with Crippen molar-refractivity contribution in [2.45, 2.75) is 44.6 Å². The maximum atomic E-state index is 12.3. The van der Waals surface area contributed by atoms with E-state index in [0.29, 0.717) is 38.8 Å². The molecule has 0 spiro atoms. The van der Waals surface area contributed by atoms with Gasteiger partial charge in [0.25, 0.3) is 0 Å². The van der Waals surface area contributed by atoms with Gasteiger partial charge in [0, 0.05) is 41.5 Å². The predicted octanol–water partition coefficient (Wildman–Crippen LogP) is 3.69. The molecule has 1 aromatic carbocycles. The van der Waals surface area contributed by atoms with Crippen LogP contribution in [0.1, 0.15) is 42.5 Å². The van der Waals surface area contributed by atoms with E-state index in [4.69, 9.17) is 21.4 Å². The molecule has 0 aliphatic carbocycles. The molecule has 4 N–H and O–H groups in total. The standard InChI is InChI=1S/C26H29N5O3S/c27-16-18(17-28)14-21-7-9-24(35-21)20-6-8-23-19(15-20)4-3-12-31(23)13-10-25(32)30-11-2-1-5-22(29)26(33)34/h6-9,14-15,22H,1-5,10-13,29H2,(H,30,32)(H,33,34)/t22-/m1/s1. The number of carbonyl (C=O) groups is 2. The lowest BCUT2D eigenvalue weighted by Gasteiger charge is -2.31. The number of hydrogen-bond donors (Lipinski definition) is 3. The van der Waals surface area contributed by atoms with Gasteiger partial charge < -0.3 is 21.1 Å². The Hall–Kier alpha value is -3.66. The first-order valence-corrected chi connectivity index (χ1v) is 12.5.